The molecule has 1 aliphatic rings. The highest BCUT2D eigenvalue weighted by Crippen LogP contribution is 2.26. The number of hydrogen-bond acceptors (Lipinski definition) is 4. The van der Waals surface area contributed by atoms with Gasteiger partial charge in [0.15, 0.2) is 0 Å². The Balaban J connectivity index is 2.65. The first-order valence-electron chi connectivity index (χ1n) is 7.36. The molecule has 5 heteroatoms. The zero-order valence-electron chi connectivity index (χ0n) is 13.4. The van der Waals surface area contributed by atoms with Crippen molar-refractivity contribution in [3.05, 3.63) is 0 Å². The number of ether oxygens (including phenoxy) is 1. The van der Waals surface area contributed by atoms with Crippen molar-refractivity contribution in [3.8, 4) is 0 Å². The van der Waals surface area contributed by atoms with Gasteiger partial charge in [-0.3, -0.25) is 0 Å². The predicted molar refractivity (Wildman–Crippen MR) is 78.7 cm³/mol. The molecule has 1 heterocycles. The fourth-order valence-electron chi connectivity index (χ4n) is 2.53. The molecule has 0 unspecified atom stereocenters. The van der Waals surface area contributed by atoms with Crippen LogP contribution < -0.4 is 5.32 Å². The molecule has 1 fully saturated rings. The largest absolute Gasteiger partial charge is 0.444 e. The summed E-state index contributed by atoms with van der Waals surface area (Å²) in [6.07, 6.45) is 2.37. The van der Waals surface area contributed by atoms with Crippen molar-refractivity contribution in [3.63, 3.8) is 0 Å². The minimum atomic E-state index is -0.523. The number of piperidine rings is 1. The Morgan fingerprint density at radius 2 is 1.90 bits per heavy atom. The van der Waals surface area contributed by atoms with E-state index in [-0.39, 0.29) is 0 Å². The summed E-state index contributed by atoms with van der Waals surface area (Å²) in [4.78, 5) is 25.3. The van der Waals surface area contributed by atoms with E-state index in [0.29, 0.717) is 12.5 Å². The van der Waals surface area contributed by atoms with E-state index >= 15 is 0 Å². The summed E-state index contributed by atoms with van der Waals surface area (Å²) in [7, 11) is 0. The molecule has 1 amide bonds. The van der Waals surface area contributed by atoms with Crippen molar-refractivity contribution >= 4 is 12.4 Å². The van der Waals surface area contributed by atoms with Crippen molar-refractivity contribution in [2.75, 3.05) is 13.1 Å². The van der Waals surface area contributed by atoms with Crippen LogP contribution in [0, 0.1) is 0 Å². The van der Waals surface area contributed by atoms with Crippen LogP contribution in [0.3, 0.4) is 0 Å². The molecule has 0 aliphatic carbocycles. The summed E-state index contributed by atoms with van der Waals surface area (Å²) in [5, 5.41) is 2.93. The standard InChI is InChI=1S/C15H28N2O3/c1-12(2)17-9-6-15(7-10-17,8-11-18)16-13(19)20-14(3,4)5/h11-12H,6-10H2,1-5H3,(H,16,19). The molecule has 116 valence electrons. The molecule has 1 saturated heterocycles. The van der Waals surface area contributed by atoms with Gasteiger partial charge < -0.3 is 19.7 Å². The molecule has 0 aromatic carbocycles. The molecule has 1 rings (SSSR count). The topological polar surface area (TPSA) is 58.6 Å². The molecule has 1 N–H and O–H groups in total. The summed E-state index contributed by atoms with van der Waals surface area (Å²) in [5.74, 6) is 0. The third-order valence-electron chi connectivity index (χ3n) is 3.73. The van der Waals surface area contributed by atoms with Gasteiger partial charge >= 0.3 is 6.09 Å². The van der Waals surface area contributed by atoms with E-state index in [2.05, 4.69) is 24.1 Å². The van der Waals surface area contributed by atoms with E-state index in [1.807, 2.05) is 20.8 Å². The van der Waals surface area contributed by atoms with Gasteiger partial charge in [-0.05, 0) is 47.5 Å². The molecule has 20 heavy (non-hydrogen) atoms. The Morgan fingerprint density at radius 1 is 1.35 bits per heavy atom. The molecular weight excluding hydrogens is 256 g/mol. The summed E-state index contributed by atoms with van der Waals surface area (Å²) >= 11 is 0. The molecule has 0 radical (unpaired) electrons. The van der Waals surface area contributed by atoms with Gasteiger partial charge in [0.1, 0.15) is 11.9 Å². The lowest BCUT2D eigenvalue weighted by Crippen LogP contribution is -2.57. The summed E-state index contributed by atoms with van der Waals surface area (Å²) in [5.41, 5.74) is -0.972. The van der Waals surface area contributed by atoms with Crippen LogP contribution in [0.25, 0.3) is 0 Å². The lowest BCUT2D eigenvalue weighted by molar-refractivity contribution is -0.109. The van der Waals surface area contributed by atoms with E-state index in [9.17, 15) is 9.59 Å². The van der Waals surface area contributed by atoms with Gasteiger partial charge in [-0.1, -0.05) is 0 Å². The number of carbonyl (C=O) groups is 2. The Labute approximate surface area is 122 Å². The smallest absolute Gasteiger partial charge is 0.408 e. The number of rotatable bonds is 4. The molecule has 5 nitrogen and oxygen atoms in total. The SMILES string of the molecule is CC(C)N1CCC(CC=O)(NC(=O)OC(C)(C)C)CC1. The highest BCUT2D eigenvalue weighted by Gasteiger charge is 2.37. The zero-order valence-corrected chi connectivity index (χ0v) is 13.4. The van der Waals surface area contributed by atoms with Gasteiger partial charge in [0, 0.05) is 25.6 Å². The highest BCUT2D eigenvalue weighted by atomic mass is 16.6. The third kappa shape index (κ3) is 5.12. The van der Waals surface area contributed by atoms with E-state index in [4.69, 9.17) is 4.74 Å². The minimum Gasteiger partial charge on any atom is -0.444 e. The first-order chi connectivity index (χ1) is 9.17. The average molecular weight is 284 g/mol. The second-order valence-electron chi connectivity index (χ2n) is 6.91. The lowest BCUT2D eigenvalue weighted by atomic mass is 9.84. The van der Waals surface area contributed by atoms with Crippen molar-refractivity contribution in [1.29, 1.82) is 0 Å². The monoisotopic (exact) mass is 284 g/mol. The van der Waals surface area contributed by atoms with E-state index < -0.39 is 17.2 Å². The first kappa shape index (κ1) is 17.0. The number of carbonyl (C=O) groups excluding carboxylic acids is 2. The number of nitrogens with zero attached hydrogens (tertiary/aromatic N) is 1. The van der Waals surface area contributed by atoms with Crippen LogP contribution in [0.5, 0.6) is 0 Å². The summed E-state index contributed by atoms with van der Waals surface area (Å²) < 4.78 is 5.31. The quantitative estimate of drug-likeness (QED) is 0.805. The van der Waals surface area contributed by atoms with Gasteiger partial charge in [-0.25, -0.2) is 4.79 Å². The van der Waals surface area contributed by atoms with Crippen molar-refractivity contribution in [2.24, 2.45) is 0 Å². The normalized spacial score (nSPS) is 19.7. The Hall–Kier alpha value is -1.10. The first-order valence-corrected chi connectivity index (χ1v) is 7.36. The van der Waals surface area contributed by atoms with Gasteiger partial charge in [0.25, 0.3) is 0 Å². The van der Waals surface area contributed by atoms with E-state index in [1.165, 1.54) is 0 Å². The maximum absolute atomic E-state index is 12.0. The molecule has 0 saturated carbocycles. The summed E-state index contributed by atoms with van der Waals surface area (Å²) in [6.45, 7) is 11.6. The van der Waals surface area contributed by atoms with Crippen LogP contribution >= 0.6 is 0 Å². The summed E-state index contributed by atoms with van der Waals surface area (Å²) in [6, 6.07) is 0.491. The Morgan fingerprint density at radius 3 is 2.30 bits per heavy atom. The minimum absolute atomic E-state index is 0.345. The molecule has 0 atom stereocenters. The van der Waals surface area contributed by atoms with Crippen molar-refractivity contribution in [1.82, 2.24) is 10.2 Å². The van der Waals surface area contributed by atoms with Gasteiger partial charge in [-0.15, -0.1) is 0 Å². The Bertz CT molecular complexity index is 340. The fraction of sp³-hybridized carbons (Fsp3) is 0.867. The van der Waals surface area contributed by atoms with Gasteiger partial charge in [-0.2, -0.15) is 0 Å². The van der Waals surface area contributed by atoms with Crippen LogP contribution in [-0.4, -0.2) is 47.6 Å². The number of hydrogen-bond donors (Lipinski definition) is 1. The Kier molecular flexibility index (Phi) is 5.57. The van der Waals surface area contributed by atoms with Crippen LogP contribution in [0.1, 0.15) is 53.9 Å². The molecule has 0 spiro atoms. The third-order valence-corrected chi connectivity index (χ3v) is 3.73. The number of amides is 1. The van der Waals surface area contributed by atoms with Crippen LogP contribution in [-0.2, 0) is 9.53 Å². The predicted octanol–water partition coefficient (Wildman–Crippen LogP) is 2.34. The van der Waals surface area contributed by atoms with Crippen molar-refractivity contribution < 1.29 is 14.3 Å². The number of nitrogens with one attached hydrogen (secondary N) is 1. The maximum Gasteiger partial charge on any atom is 0.408 e. The molecule has 0 aromatic rings. The van der Waals surface area contributed by atoms with E-state index in [0.717, 1.165) is 32.2 Å². The average Bonchev–Trinajstić information content (AvgIpc) is 2.26. The van der Waals surface area contributed by atoms with E-state index in [1.54, 1.807) is 0 Å². The second-order valence-corrected chi connectivity index (χ2v) is 6.91. The fourth-order valence-corrected chi connectivity index (χ4v) is 2.53. The van der Waals surface area contributed by atoms with Crippen LogP contribution in [0.15, 0.2) is 0 Å². The molecule has 1 aliphatic heterocycles. The van der Waals surface area contributed by atoms with Crippen LogP contribution in [0.4, 0.5) is 4.79 Å². The molecule has 0 bridgehead atoms. The maximum atomic E-state index is 12.0. The zero-order chi connectivity index (χ0) is 15.4. The van der Waals surface area contributed by atoms with Gasteiger partial charge in [0.05, 0.1) is 5.54 Å². The van der Waals surface area contributed by atoms with Gasteiger partial charge in [0.2, 0.25) is 0 Å². The molecule has 0 aromatic heterocycles. The highest BCUT2D eigenvalue weighted by molar-refractivity contribution is 5.70. The second kappa shape index (κ2) is 6.57. The number of aldehydes is 1. The number of alkyl carbamates (subject to hydrolysis) is 1. The molecular formula is C15H28N2O3. The number of likely N-dealkylation sites (tertiary alicyclic amines) is 1. The van der Waals surface area contributed by atoms with Crippen molar-refractivity contribution in [2.45, 2.75) is 71.1 Å². The lowest BCUT2D eigenvalue weighted by Gasteiger charge is -2.43. The van der Waals surface area contributed by atoms with Crippen LogP contribution in [0.2, 0.25) is 0 Å².